The first kappa shape index (κ1) is 17.0. The summed E-state index contributed by atoms with van der Waals surface area (Å²) in [6.45, 7) is 6.53. The Kier molecular flexibility index (Phi) is 4.38. The van der Waals surface area contributed by atoms with Crippen molar-refractivity contribution in [1.29, 1.82) is 0 Å². The number of benzene rings is 1. The predicted octanol–water partition coefficient (Wildman–Crippen LogP) is 2.56. The highest BCUT2D eigenvalue weighted by Gasteiger charge is 2.47. The number of anilines is 1. The minimum absolute atomic E-state index is 0.291. The predicted molar refractivity (Wildman–Crippen MR) is 88.8 cm³/mol. The minimum atomic E-state index is -1.30. The molecule has 1 fully saturated rings. The molecule has 1 aromatic carbocycles. The molecule has 1 amide bonds. The molecule has 0 saturated carbocycles. The molecule has 1 aromatic rings. The van der Waals surface area contributed by atoms with Crippen molar-refractivity contribution in [2.24, 2.45) is 0 Å². The van der Waals surface area contributed by atoms with Crippen LogP contribution < -0.4 is 4.90 Å². The zero-order valence-corrected chi connectivity index (χ0v) is 14.2. The van der Waals surface area contributed by atoms with Gasteiger partial charge in [-0.1, -0.05) is 30.4 Å². The fourth-order valence-corrected chi connectivity index (χ4v) is 2.93. The molecule has 130 valence electrons. The van der Waals surface area contributed by atoms with Crippen molar-refractivity contribution >= 4 is 11.8 Å². The number of aliphatic hydroxyl groups excluding tert-OH is 1. The fraction of sp³-hybridized carbons (Fsp3) is 0.500. The van der Waals surface area contributed by atoms with Gasteiger partial charge in [-0.2, -0.15) is 0 Å². The van der Waals surface area contributed by atoms with Crippen LogP contribution in [0.25, 0.3) is 0 Å². The van der Waals surface area contributed by atoms with Crippen molar-refractivity contribution in [1.82, 2.24) is 0 Å². The van der Waals surface area contributed by atoms with Crippen molar-refractivity contribution in [3.05, 3.63) is 42.0 Å². The van der Waals surface area contributed by atoms with Gasteiger partial charge in [-0.25, -0.2) is 4.79 Å². The van der Waals surface area contributed by atoms with E-state index in [1.165, 1.54) is 4.90 Å². The van der Waals surface area contributed by atoms with Crippen molar-refractivity contribution in [3.8, 4) is 0 Å². The molecule has 0 unspecified atom stereocenters. The summed E-state index contributed by atoms with van der Waals surface area (Å²) in [5, 5.41) is 10.6. The molecule has 6 nitrogen and oxygen atoms in total. The summed E-state index contributed by atoms with van der Waals surface area (Å²) in [6, 6.07) is 7.27. The fourth-order valence-electron chi connectivity index (χ4n) is 2.93. The first-order valence-corrected chi connectivity index (χ1v) is 8.06. The standard InChI is InChI=1S/C18H23NO5/c1-17(2,3)24-16(21)19-10-6-9-15(20)18(22-11-12-23-18)13-7-4-5-8-14(13)19/h4-9,15,20H,10-12H2,1-3H3/b9-6-/t15-/m1/s1. The lowest BCUT2D eigenvalue weighted by molar-refractivity contribution is -0.215. The largest absolute Gasteiger partial charge is 0.443 e. The maximum Gasteiger partial charge on any atom is 0.415 e. The summed E-state index contributed by atoms with van der Waals surface area (Å²) in [6.07, 6.45) is 1.90. The third-order valence-corrected chi connectivity index (χ3v) is 3.90. The third-order valence-electron chi connectivity index (χ3n) is 3.90. The number of nitrogens with zero attached hydrogens (tertiary/aromatic N) is 1. The van der Waals surface area contributed by atoms with Crippen LogP contribution in [0.4, 0.5) is 10.5 Å². The average molecular weight is 333 g/mol. The molecule has 24 heavy (non-hydrogen) atoms. The Morgan fingerprint density at radius 3 is 2.62 bits per heavy atom. The highest BCUT2D eigenvalue weighted by atomic mass is 16.7. The van der Waals surface area contributed by atoms with Gasteiger partial charge in [0.1, 0.15) is 11.7 Å². The van der Waals surface area contributed by atoms with Crippen LogP contribution in [0.2, 0.25) is 0 Å². The van der Waals surface area contributed by atoms with Gasteiger partial charge in [0.25, 0.3) is 0 Å². The van der Waals surface area contributed by atoms with E-state index in [1.54, 1.807) is 24.3 Å². The Hall–Kier alpha value is -1.89. The zero-order chi connectivity index (χ0) is 17.4. The number of aliphatic hydroxyl groups is 1. The summed E-state index contributed by atoms with van der Waals surface area (Å²) < 4.78 is 17.1. The Morgan fingerprint density at radius 2 is 1.96 bits per heavy atom. The van der Waals surface area contributed by atoms with Crippen LogP contribution >= 0.6 is 0 Å². The SMILES string of the molecule is CC(C)(C)OC(=O)N1C/C=C\[C@@H](O)C2(OCCO2)c2ccccc21. The van der Waals surface area contributed by atoms with E-state index < -0.39 is 23.6 Å². The Bertz CT molecular complexity index is 643. The van der Waals surface area contributed by atoms with Gasteiger partial charge in [0.2, 0.25) is 5.79 Å². The number of ether oxygens (including phenoxy) is 3. The van der Waals surface area contributed by atoms with Crippen molar-refractivity contribution in [2.75, 3.05) is 24.7 Å². The Labute approximate surface area is 141 Å². The van der Waals surface area contributed by atoms with Crippen LogP contribution in [0.5, 0.6) is 0 Å². The minimum Gasteiger partial charge on any atom is -0.443 e. The quantitative estimate of drug-likeness (QED) is 0.739. The van der Waals surface area contributed by atoms with E-state index in [0.717, 1.165) is 0 Å². The number of para-hydroxylation sites is 1. The third kappa shape index (κ3) is 3.05. The molecule has 1 atom stereocenters. The monoisotopic (exact) mass is 333 g/mol. The van der Waals surface area contributed by atoms with Gasteiger partial charge >= 0.3 is 6.09 Å². The number of fused-ring (bicyclic) bond motifs is 2. The normalized spacial score (nSPS) is 24.2. The number of hydrogen-bond acceptors (Lipinski definition) is 5. The molecule has 3 rings (SSSR count). The lowest BCUT2D eigenvalue weighted by Gasteiger charge is -2.37. The van der Waals surface area contributed by atoms with Gasteiger partial charge in [-0.15, -0.1) is 0 Å². The van der Waals surface area contributed by atoms with Crippen molar-refractivity contribution in [2.45, 2.75) is 38.3 Å². The molecule has 0 bridgehead atoms. The summed E-state index contributed by atoms with van der Waals surface area (Å²) in [5.41, 5.74) is 0.623. The highest BCUT2D eigenvalue weighted by molar-refractivity contribution is 5.89. The maximum absolute atomic E-state index is 12.7. The molecule has 1 spiro atoms. The molecule has 0 aromatic heterocycles. The van der Waals surface area contributed by atoms with Gasteiger partial charge in [0.15, 0.2) is 0 Å². The molecule has 2 heterocycles. The van der Waals surface area contributed by atoms with E-state index in [4.69, 9.17) is 14.2 Å². The van der Waals surface area contributed by atoms with Crippen molar-refractivity contribution in [3.63, 3.8) is 0 Å². The van der Waals surface area contributed by atoms with Crippen LogP contribution in [-0.2, 0) is 20.0 Å². The van der Waals surface area contributed by atoms with E-state index in [-0.39, 0.29) is 0 Å². The molecule has 6 heteroatoms. The van der Waals surface area contributed by atoms with Crippen LogP contribution in [0.1, 0.15) is 26.3 Å². The van der Waals surface area contributed by atoms with E-state index in [1.807, 2.05) is 32.9 Å². The Morgan fingerprint density at radius 1 is 1.29 bits per heavy atom. The van der Waals surface area contributed by atoms with E-state index in [0.29, 0.717) is 31.0 Å². The van der Waals surface area contributed by atoms with Crippen molar-refractivity contribution < 1.29 is 24.1 Å². The number of carbonyl (C=O) groups is 1. The van der Waals surface area contributed by atoms with Gasteiger partial charge in [0.05, 0.1) is 18.9 Å². The lowest BCUT2D eigenvalue weighted by atomic mass is 9.95. The topological polar surface area (TPSA) is 68.2 Å². The van der Waals surface area contributed by atoms with Gasteiger partial charge in [-0.3, -0.25) is 4.90 Å². The summed E-state index contributed by atoms with van der Waals surface area (Å²) >= 11 is 0. The summed E-state index contributed by atoms with van der Waals surface area (Å²) in [5.74, 6) is -1.30. The van der Waals surface area contributed by atoms with E-state index in [2.05, 4.69) is 0 Å². The molecule has 1 saturated heterocycles. The molecular weight excluding hydrogens is 310 g/mol. The zero-order valence-electron chi connectivity index (χ0n) is 14.2. The van der Waals surface area contributed by atoms with Gasteiger partial charge in [-0.05, 0) is 26.8 Å². The first-order chi connectivity index (χ1) is 11.3. The second kappa shape index (κ2) is 6.20. The van der Waals surface area contributed by atoms with Gasteiger partial charge in [0, 0.05) is 12.1 Å². The molecule has 0 radical (unpaired) electrons. The molecule has 1 N–H and O–H groups in total. The average Bonchev–Trinajstić information content (AvgIpc) is 2.99. The number of hydrogen-bond donors (Lipinski definition) is 1. The number of carbonyl (C=O) groups excluding carboxylic acids is 1. The summed E-state index contributed by atoms with van der Waals surface area (Å²) in [7, 11) is 0. The van der Waals surface area contributed by atoms with Crippen LogP contribution in [0.15, 0.2) is 36.4 Å². The van der Waals surface area contributed by atoms with Gasteiger partial charge < -0.3 is 19.3 Å². The Balaban J connectivity index is 2.06. The van der Waals surface area contributed by atoms with E-state index in [9.17, 15) is 9.90 Å². The second-order valence-electron chi connectivity index (χ2n) is 6.85. The number of rotatable bonds is 0. The smallest absolute Gasteiger partial charge is 0.415 e. The maximum atomic E-state index is 12.7. The molecule has 0 aliphatic carbocycles. The number of amides is 1. The van der Waals surface area contributed by atoms with Crippen LogP contribution in [-0.4, -0.2) is 42.7 Å². The lowest BCUT2D eigenvalue weighted by Crippen LogP contribution is -2.45. The molecule has 2 aliphatic heterocycles. The highest BCUT2D eigenvalue weighted by Crippen LogP contribution is 2.41. The molecule has 2 aliphatic rings. The van der Waals surface area contributed by atoms with Crippen LogP contribution in [0, 0.1) is 0 Å². The first-order valence-electron chi connectivity index (χ1n) is 8.06. The summed E-state index contributed by atoms with van der Waals surface area (Å²) in [4.78, 5) is 14.2. The van der Waals surface area contributed by atoms with Crippen LogP contribution in [0.3, 0.4) is 0 Å². The van der Waals surface area contributed by atoms with E-state index >= 15 is 0 Å². The molecular formula is C18H23NO5. The second-order valence-corrected chi connectivity index (χ2v) is 6.85.